The van der Waals surface area contributed by atoms with Crippen LogP contribution in [-0.4, -0.2) is 22.4 Å². The van der Waals surface area contributed by atoms with E-state index in [1.165, 1.54) is 6.20 Å². The Bertz CT molecular complexity index is 1120. The van der Waals surface area contributed by atoms with Gasteiger partial charge in [0.2, 0.25) is 0 Å². The van der Waals surface area contributed by atoms with Gasteiger partial charge in [-0.15, -0.1) is 0 Å². The molecule has 1 aliphatic heterocycles. The summed E-state index contributed by atoms with van der Waals surface area (Å²) in [6.45, 7) is 3.89. The Balaban J connectivity index is 2.00. The van der Waals surface area contributed by atoms with E-state index in [-0.39, 0.29) is 12.6 Å². The fourth-order valence-corrected chi connectivity index (χ4v) is 3.59. The third kappa shape index (κ3) is 2.64. The van der Waals surface area contributed by atoms with E-state index in [2.05, 4.69) is 16.5 Å². The number of nitrogens with one attached hydrogen (secondary N) is 1. The zero-order chi connectivity index (χ0) is 19.0. The number of carbonyl (C=O) groups is 1. The molecule has 6 nitrogen and oxygen atoms in total. The highest BCUT2D eigenvalue weighted by atomic mass is 16.5. The van der Waals surface area contributed by atoms with E-state index in [1.807, 2.05) is 49.4 Å². The molecule has 0 saturated heterocycles. The molecule has 27 heavy (non-hydrogen) atoms. The first-order chi connectivity index (χ1) is 13.2. The van der Waals surface area contributed by atoms with Crippen LogP contribution >= 0.6 is 0 Å². The summed E-state index contributed by atoms with van der Waals surface area (Å²) in [5.74, 6) is 0.195. The molecular weight excluding hydrogens is 340 g/mol. The highest BCUT2D eigenvalue weighted by molar-refractivity contribution is 5.95. The van der Waals surface area contributed by atoms with E-state index in [0.29, 0.717) is 22.7 Å². The van der Waals surface area contributed by atoms with Gasteiger partial charge in [-0.25, -0.2) is 9.48 Å². The van der Waals surface area contributed by atoms with Crippen molar-refractivity contribution in [3.05, 3.63) is 71.1 Å². The predicted octanol–water partition coefficient (Wildman–Crippen LogP) is 3.76. The van der Waals surface area contributed by atoms with Gasteiger partial charge in [-0.1, -0.05) is 42.5 Å². The number of anilines is 1. The summed E-state index contributed by atoms with van der Waals surface area (Å²) >= 11 is 0. The molecular formula is C21H18N4O2. The van der Waals surface area contributed by atoms with Crippen LogP contribution < -0.4 is 5.32 Å². The monoisotopic (exact) mass is 358 g/mol. The minimum absolute atomic E-state index is 0.285. The zero-order valence-corrected chi connectivity index (χ0v) is 15.1. The average molecular weight is 358 g/mol. The van der Waals surface area contributed by atoms with Crippen LogP contribution in [0.15, 0.2) is 59.9 Å². The zero-order valence-electron chi connectivity index (χ0n) is 15.1. The van der Waals surface area contributed by atoms with Gasteiger partial charge in [0.15, 0.2) is 0 Å². The van der Waals surface area contributed by atoms with Crippen LogP contribution in [0.1, 0.15) is 31.0 Å². The van der Waals surface area contributed by atoms with Crippen molar-refractivity contribution in [3.8, 4) is 6.07 Å². The summed E-state index contributed by atoms with van der Waals surface area (Å²) in [5.41, 5.74) is 2.53. The molecule has 6 heteroatoms. The van der Waals surface area contributed by atoms with Crippen molar-refractivity contribution in [1.82, 2.24) is 9.78 Å². The SMILES string of the molecule is CCOC(=O)C1=C(C)Nc2c(C#N)cnn2C1c1cccc2ccccc12. The lowest BCUT2D eigenvalue weighted by molar-refractivity contribution is -0.139. The Morgan fingerprint density at radius 3 is 2.85 bits per heavy atom. The summed E-state index contributed by atoms with van der Waals surface area (Å²) in [5, 5.41) is 19.1. The Morgan fingerprint density at radius 2 is 2.07 bits per heavy atom. The average Bonchev–Trinajstić information content (AvgIpc) is 3.09. The number of hydrogen-bond donors (Lipinski definition) is 1. The summed E-state index contributed by atoms with van der Waals surface area (Å²) in [6, 6.07) is 15.7. The molecule has 0 spiro atoms. The number of ether oxygens (including phenoxy) is 1. The molecule has 4 rings (SSSR count). The number of carbonyl (C=O) groups excluding carboxylic acids is 1. The lowest BCUT2D eigenvalue weighted by Gasteiger charge is -2.30. The Kier molecular flexibility index (Phi) is 4.13. The van der Waals surface area contributed by atoms with Crippen molar-refractivity contribution in [1.29, 1.82) is 5.26 Å². The van der Waals surface area contributed by atoms with Crippen molar-refractivity contribution in [2.45, 2.75) is 19.9 Å². The number of nitrogens with zero attached hydrogens (tertiary/aromatic N) is 3. The number of allylic oxidation sites excluding steroid dienone is 1. The smallest absolute Gasteiger partial charge is 0.338 e. The summed E-state index contributed by atoms with van der Waals surface area (Å²) in [6.07, 6.45) is 1.52. The standard InChI is InChI=1S/C21H18N4O2/c1-3-27-21(26)18-13(2)24-20-15(11-22)12-23-25(20)19(18)17-10-6-8-14-7-4-5-9-16(14)17/h4-10,12,19,24H,3H2,1-2H3. The van der Waals surface area contributed by atoms with Gasteiger partial charge in [-0.3, -0.25) is 0 Å². The number of benzene rings is 2. The Hall–Kier alpha value is -3.59. The largest absolute Gasteiger partial charge is 0.463 e. The molecule has 0 aliphatic carbocycles. The summed E-state index contributed by atoms with van der Waals surface area (Å²) < 4.78 is 7.01. The van der Waals surface area contributed by atoms with Crippen molar-refractivity contribution >= 4 is 22.6 Å². The number of nitriles is 1. The molecule has 1 N–H and O–H groups in total. The van der Waals surface area contributed by atoms with Crippen molar-refractivity contribution in [2.24, 2.45) is 0 Å². The first-order valence-electron chi connectivity index (χ1n) is 8.76. The fraction of sp³-hybridized carbons (Fsp3) is 0.190. The van der Waals surface area contributed by atoms with E-state index in [9.17, 15) is 10.1 Å². The molecule has 3 aromatic rings. The second kappa shape index (κ2) is 6.61. The lowest BCUT2D eigenvalue weighted by atomic mass is 9.91. The molecule has 134 valence electrons. The lowest BCUT2D eigenvalue weighted by Crippen LogP contribution is -2.29. The van der Waals surface area contributed by atoms with Gasteiger partial charge in [0.05, 0.1) is 18.4 Å². The number of aromatic nitrogens is 2. The second-order valence-corrected chi connectivity index (χ2v) is 6.32. The van der Waals surface area contributed by atoms with Crippen molar-refractivity contribution in [3.63, 3.8) is 0 Å². The molecule has 0 saturated carbocycles. The molecule has 0 amide bonds. The fourth-order valence-electron chi connectivity index (χ4n) is 3.59. The number of rotatable bonds is 3. The maximum Gasteiger partial charge on any atom is 0.338 e. The maximum absolute atomic E-state index is 12.8. The molecule has 1 atom stereocenters. The summed E-state index contributed by atoms with van der Waals surface area (Å²) in [7, 11) is 0. The molecule has 0 fully saturated rings. The molecule has 1 aliphatic rings. The Morgan fingerprint density at radius 1 is 1.30 bits per heavy atom. The molecule has 0 radical (unpaired) electrons. The van der Waals surface area contributed by atoms with Crippen LogP contribution in [-0.2, 0) is 9.53 Å². The molecule has 0 bridgehead atoms. The minimum atomic E-state index is -0.478. The molecule has 2 heterocycles. The van der Waals surface area contributed by atoms with Crippen LogP contribution in [0.2, 0.25) is 0 Å². The van der Waals surface area contributed by atoms with E-state index in [0.717, 1.165) is 16.3 Å². The van der Waals surface area contributed by atoms with Crippen LogP contribution in [0, 0.1) is 11.3 Å². The summed E-state index contributed by atoms with van der Waals surface area (Å²) in [4.78, 5) is 12.8. The van der Waals surface area contributed by atoms with E-state index >= 15 is 0 Å². The van der Waals surface area contributed by atoms with Crippen LogP contribution in [0.5, 0.6) is 0 Å². The van der Waals surface area contributed by atoms with Gasteiger partial charge >= 0.3 is 5.97 Å². The van der Waals surface area contributed by atoms with E-state index < -0.39 is 6.04 Å². The normalized spacial score (nSPS) is 15.8. The van der Waals surface area contributed by atoms with Crippen LogP contribution in [0.25, 0.3) is 10.8 Å². The Labute approximate surface area is 156 Å². The van der Waals surface area contributed by atoms with E-state index in [4.69, 9.17) is 4.74 Å². The first kappa shape index (κ1) is 16.9. The molecule has 1 unspecified atom stereocenters. The molecule has 1 aromatic heterocycles. The van der Waals surface area contributed by atoms with Gasteiger partial charge in [-0.05, 0) is 30.2 Å². The van der Waals surface area contributed by atoms with Crippen LogP contribution in [0.4, 0.5) is 5.82 Å². The predicted molar refractivity (Wildman–Crippen MR) is 102 cm³/mol. The molecule has 2 aromatic carbocycles. The second-order valence-electron chi connectivity index (χ2n) is 6.32. The maximum atomic E-state index is 12.8. The third-order valence-electron chi connectivity index (χ3n) is 4.76. The van der Waals surface area contributed by atoms with Gasteiger partial charge in [-0.2, -0.15) is 10.4 Å². The van der Waals surface area contributed by atoms with E-state index in [1.54, 1.807) is 11.6 Å². The topological polar surface area (TPSA) is 79.9 Å². The van der Waals surface area contributed by atoms with Gasteiger partial charge in [0.1, 0.15) is 23.5 Å². The first-order valence-corrected chi connectivity index (χ1v) is 8.76. The third-order valence-corrected chi connectivity index (χ3v) is 4.76. The van der Waals surface area contributed by atoms with Crippen LogP contribution in [0.3, 0.4) is 0 Å². The van der Waals surface area contributed by atoms with Crippen molar-refractivity contribution in [2.75, 3.05) is 11.9 Å². The minimum Gasteiger partial charge on any atom is -0.463 e. The van der Waals surface area contributed by atoms with Gasteiger partial charge < -0.3 is 10.1 Å². The van der Waals surface area contributed by atoms with Gasteiger partial charge in [0, 0.05) is 5.70 Å². The van der Waals surface area contributed by atoms with Gasteiger partial charge in [0.25, 0.3) is 0 Å². The number of fused-ring (bicyclic) bond motifs is 2. The van der Waals surface area contributed by atoms with Crippen molar-refractivity contribution < 1.29 is 9.53 Å². The number of esters is 1. The quantitative estimate of drug-likeness (QED) is 0.721. The number of hydrogen-bond acceptors (Lipinski definition) is 5. The highest BCUT2D eigenvalue weighted by Crippen LogP contribution is 2.39. The highest BCUT2D eigenvalue weighted by Gasteiger charge is 2.35.